The SMILES string of the molecule is CC(C)n1c(=O)c(C(=O)NCCCN2CCC(C)(C)CC2)c(O)c2ccsc21.Cl. The highest BCUT2D eigenvalue weighted by Crippen LogP contribution is 2.32. The van der Waals surface area contributed by atoms with Gasteiger partial charge in [0.15, 0.2) is 0 Å². The molecule has 1 amide bonds. The van der Waals surface area contributed by atoms with Crippen molar-refractivity contribution in [1.82, 2.24) is 14.8 Å². The van der Waals surface area contributed by atoms with Crippen LogP contribution in [0.4, 0.5) is 0 Å². The molecule has 1 fully saturated rings. The Labute approximate surface area is 182 Å². The van der Waals surface area contributed by atoms with Crippen LogP contribution in [0.25, 0.3) is 10.2 Å². The fourth-order valence-electron chi connectivity index (χ4n) is 3.77. The molecule has 29 heavy (non-hydrogen) atoms. The lowest BCUT2D eigenvalue weighted by atomic mass is 9.83. The minimum atomic E-state index is -0.496. The van der Waals surface area contributed by atoms with Gasteiger partial charge in [0.2, 0.25) is 0 Å². The second kappa shape index (κ2) is 9.49. The van der Waals surface area contributed by atoms with Crippen LogP contribution in [-0.4, -0.2) is 46.7 Å². The summed E-state index contributed by atoms with van der Waals surface area (Å²) in [7, 11) is 0. The minimum Gasteiger partial charge on any atom is -0.506 e. The Kier molecular flexibility index (Phi) is 7.76. The van der Waals surface area contributed by atoms with Crippen LogP contribution in [0, 0.1) is 5.41 Å². The molecule has 1 aliphatic rings. The molecule has 8 heteroatoms. The maximum Gasteiger partial charge on any atom is 0.268 e. The average molecular weight is 442 g/mol. The summed E-state index contributed by atoms with van der Waals surface area (Å²) in [6.07, 6.45) is 3.22. The van der Waals surface area contributed by atoms with Gasteiger partial charge in [-0.1, -0.05) is 13.8 Å². The number of nitrogens with one attached hydrogen (secondary N) is 1. The van der Waals surface area contributed by atoms with E-state index in [0.717, 1.165) is 26.1 Å². The number of rotatable bonds is 6. The number of carbonyl (C=O) groups excluding carboxylic acids is 1. The van der Waals surface area contributed by atoms with Crippen molar-refractivity contribution >= 4 is 39.9 Å². The zero-order valence-corrected chi connectivity index (χ0v) is 19.3. The van der Waals surface area contributed by atoms with Gasteiger partial charge < -0.3 is 15.3 Å². The molecule has 2 aromatic heterocycles. The molecule has 1 aliphatic heterocycles. The van der Waals surface area contributed by atoms with Gasteiger partial charge in [-0.3, -0.25) is 14.2 Å². The molecule has 0 aromatic carbocycles. The molecule has 0 spiro atoms. The number of aromatic nitrogens is 1. The van der Waals surface area contributed by atoms with Crippen LogP contribution in [0.15, 0.2) is 16.2 Å². The molecule has 0 radical (unpaired) electrons. The lowest BCUT2D eigenvalue weighted by molar-refractivity contribution is 0.0943. The summed E-state index contributed by atoms with van der Waals surface area (Å²) in [6.45, 7) is 12.0. The number of thiophene rings is 1. The van der Waals surface area contributed by atoms with Gasteiger partial charge in [0.05, 0.1) is 5.39 Å². The largest absolute Gasteiger partial charge is 0.506 e. The van der Waals surface area contributed by atoms with Crippen molar-refractivity contribution in [3.8, 4) is 5.75 Å². The van der Waals surface area contributed by atoms with E-state index >= 15 is 0 Å². The third-order valence-corrected chi connectivity index (χ3v) is 6.59. The Morgan fingerprint density at radius 3 is 2.59 bits per heavy atom. The maximum absolute atomic E-state index is 12.9. The summed E-state index contributed by atoms with van der Waals surface area (Å²) < 4.78 is 1.59. The van der Waals surface area contributed by atoms with Crippen molar-refractivity contribution in [3.63, 3.8) is 0 Å². The number of piperidine rings is 1. The molecule has 6 nitrogen and oxygen atoms in total. The first-order chi connectivity index (χ1) is 13.2. The highest BCUT2D eigenvalue weighted by atomic mass is 35.5. The van der Waals surface area contributed by atoms with E-state index in [1.54, 1.807) is 10.6 Å². The van der Waals surface area contributed by atoms with Crippen LogP contribution in [-0.2, 0) is 0 Å². The normalized spacial score (nSPS) is 16.7. The molecule has 2 aromatic rings. The molecule has 162 valence electrons. The summed E-state index contributed by atoms with van der Waals surface area (Å²) in [6, 6.07) is 1.66. The standard InChI is InChI=1S/C21H31N3O3S.ClH/c1-14(2)24-19(27)16(17(25)15-6-13-28-20(15)24)18(26)22-9-5-10-23-11-7-21(3,4)8-12-23;/h6,13-14,25H,5,7-12H2,1-4H3,(H,22,26);1H. The number of nitrogens with zero attached hydrogens (tertiary/aromatic N) is 2. The Hall–Kier alpha value is -1.57. The summed E-state index contributed by atoms with van der Waals surface area (Å²) in [5, 5.41) is 15.7. The second-order valence-corrected chi connectivity index (χ2v) is 9.64. The summed E-state index contributed by atoms with van der Waals surface area (Å²) in [4.78, 5) is 28.7. The Morgan fingerprint density at radius 1 is 1.31 bits per heavy atom. The number of carbonyl (C=O) groups is 1. The molecule has 1 saturated heterocycles. The topological polar surface area (TPSA) is 74.6 Å². The van der Waals surface area contributed by atoms with Crippen molar-refractivity contribution in [1.29, 1.82) is 0 Å². The van der Waals surface area contributed by atoms with Crippen LogP contribution in [0.5, 0.6) is 5.75 Å². The Bertz CT molecular complexity index is 910. The monoisotopic (exact) mass is 441 g/mol. The first kappa shape index (κ1) is 23.7. The van der Waals surface area contributed by atoms with Gasteiger partial charge in [-0.05, 0) is 69.6 Å². The Morgan fingerprint density at radius 2 is 1.97 bits per heavy atom. The number of hydrogen-bond donors (Lipinski definition) is 2. The molecule has 2 N–H and O–H groups in total. The van der Waals surface area contributed by atoms with Gasteiger partial charge >= 0.3 is 0 Å². The third-order valence-electron chi connectivity index (χ3n) is 5.68. The van der Waals surface area contributed by atoms with Gasteiger partial charge in [-0.2, -0.15) is 0 Å². The predicted octanol–water partition coefficient (Wildman–Crippen LogP) is 4.01. The molecule has 0 saturated carbocycles. The maximum atomic E-state index is 12.9. The number of aromatic hydroxyl groups is 1. The highest BCUT2D eigenvalue weighted by Gasteiger charge is 2.26. The Balaban J connectivity index is 0.00000300. The highest BCUT2D eigenvalue weighted by molar-refractivity contribution is 7.16. The number of hydrogen-bond acceptors (Lipinski definition) is 5. The predicted molar refractivity (Wildman–Crippen MR) is 122 cm³/mol. The fraction of sp³-hybridized carbons (Fsp3) is 0.619. The molecule has 0 bridgehead atoms. The van der Waals surface area contributed by atoms with Crippen LogP contribution in [0.1, 0.15) is 63.4 Å². The first-order valence-electron chi connectivity index (χ1n) is 10.1. The van der Waals surface area contributed by atoms with Gasteiger partial charge in [0, 0.05) is 12.6 Å². The molecular formula is C21H32ClN3O3S. The molecule has 3 heterocycles. The van der Waals surface area contributed by atoms with Crippen molar-refractivity contribution in [2.45, 2.75) is 53.0 Å². The summed E-state index contributed by atoms with van der Waals surface area (Å²) >= 11 is 1.39. The van der Waals surface area contributed by atoms with Crippen molar-refractivity contribution in [3.05, 3.63) is 27.4 Å². The number of halogens is 1. The second-order valence-electron chi connectivity index (χ2n) is 8.75. The van der Waals surface area contributed by atoms with E-state index in [2.05, 4.69) is 24.1 Å². The lowest BCUT2D eigenvalue weighted by Crippen LogP contribution is -2.39. The van der Waals surface area contributed by atoms with E-state index in [9.17, 15) is 14.7 Å². The number of likely N-dealkylation sites (tertiary alicyclic amines) is 1. The molecule has 0 aliphatic carbocycles. The van der Waals surface area contributed by atoms with Gasteiger partial charge in [0.25, 0.3) is 11.5 Å². The lowest BCUT2D eigenvalue weighted by Gasteiger charge is -2.36. The van der Waals surface area contributed by atoms with Crippen LogP contribution < -0.4 is 10.9 Å². The average Bonchev–Trinajstić information content (AvgIpc) is 3.09. The molecular weight excluding hydrogens is 410 g/mol. The number of amides is 1. The van der Waals surface area contributed by atoms with E-state index in [4.69, 9.17) is 0 Å². The first-order valence-corrected chi connectivity index (χ1v) is 10.9. The quantitative estimate of drug-likeness (QED) is 0.664. The molecule has 0 atom stereocenters. The number of pyridine rings is 1. The molecule has 3 rings (SSSR count). The minimum absolute atomic E-state index is 0. The van der Waals surface area contributed by atoms with E-state index in [-0.39, 0.29) is 29.8 Å². The zero-order valence-electron chi connectivity index (χ0n) is 17.7. The summed E-state index contributed by atoms with van der Waals surface area (Å²) in [5.41, 5.74) is -0.156. The van der Waals surface area contributed by atoms with Gasteiger partial charge in [0.1, 0.15) is 16.1 Å². The number of fused-ring (bicyclic) bond motifs is 1. The van der Waals surface area contributed by atoms with Crippen LogP contribution in [0.3, 0.4) is 0 Å². The van der Waals surface area contributed by atoms with E-state index < -0.39 is 11.5 Å². The van der Waals surface area contributed by atoms with Crippen LogP contribution >= 0.6 is 23.7 Å². The zero-order chi connectivity index (χ0) is 20.5. The van der Waals surface area contributed by atoms with Crippen molar-refractivity contribution in [2.24, 2.45) is 5.41 Å². The molecule has 0 unspecified atom stereocenters. The van der Waals surface area contributed by atoms with Crippen molar-refractivity contribution < 1.29 is 9.90 Å². The fourth-order valence-corrected chi connectivity index (χ4v) is 4.80. The third kappa shape index (κ3) is 5.13. The van der Waals surface area contributed by atoms with E-state index in [1.807, 2.05) is 19.2 Å². The smallest absolute Gasteiger partial charge is 0.268 e. The van der Waals surface area contributed by atoms with Crippen molar-refractivity contribution in [2.75, 3.05) is 26.2 Å². The van der Waals surface area contributed by atoms with Gasteiger partial charge in [-0.25, -0.2) is 0 Å². The van der Waals surface area contributed by atoms with E-state index in [0.29, 0.717) is 22.2 Å². The van der Waals surface area contributed by atoms with E-state index in [1.165, 1.54) is 24.2 Å². The summed E-state index contributed by atoms with van der Waals surface area (Å²) in [5.74, 6) is -0.710. The van der Waals surface area contributed by atoms with Gasteiger partial charge in [-0.15, -0.1) is 23.7 Å². The van der Waals surface area contributed by atoms with Crippen LogP contribution in [0.2, 0.25) is 0 Å².